The fraction of sp³-hybridized carbons (Fsp3) is 0.226. The molecule has 0 amide bonds. The van der Waals surface area contributed by atoms with Crippen LogP contribution < -0.4 is 24.0 Å². The van der Waals surface area contributed by atoms with Crippen LogP contribution in [0.3, 0.4) is 0 Å². The van der Waals surface area contributed by atoms with Crippen molar-refractivity contribution < 1.29 is 14.2 Å². The molecule has 180 valence electrons. The molecule has 5 nitrogen and oxygen atoms in total. The quantitative estimate of drug-likeness (QED) is 0.285. The molecule has 3 heterocycles. The summed E-state index contributed by atoms with van der Waals surface area (Å²) in [5, 5.41) is 0. The Kier molecular flexibility index (Phi) is 4.84. The Labute approximate surface area is 211 Å². The molecular weight excluding hydrogens is 448 g/mol. The van der Waals surface area contributed by atoms with E-state index >= 15 is 0 Å². The van der Waals surface area contributed by atoms with Crippen molar-refractivity contribution in [3.8, 4) is 23.0 Å². The van der Waals surface area contributed by atoms with E-state index in [9.17, 15) is 0 Å². The third kappa shape index (κ3) is 3.23. The van der Waals surface area contributed by atoms with Crippen LogP contribution in [0.4, 0.5) is 22.7 Å². The minimum atomic E-state index is 0.866. The number of para-hydroxylation sites is 2. The van der Waals surface area contributed by atoms with Gasteiger partial charge in [0.15, 0.2) is 0 Å². The molecule has 3 aliphatic heterocycles. The Balaban J connectivity index is 1.22. The van der Waals surface area contributed by atoms with Crippen LogP contribution in [0.2, 0.25) is 0 Å². The second-order valence-electron chi connectivity index (χ2n) is 9.60. The van der Waals surface area contributed by atoms with E-state index in [1.807, 2.05) is 12.1 Å². The van der Waals surface area contributed by atoms with Crippen molar-refractivity contribution in [2.75, 3.05) is 37.1 Å². The van der Waals surface area contributed by atoms with Crippen LogP contribution in [-0.2, 0) is 19.3 Å². The summed E-state index contributed by atoms with van der Waals surface area (Å²) in [7, 11) is 3.48. The van der Waals surface area contributed by atoms with E-state index in [0.29, 0.717) is 0 Å². The fourth-order valence-electron chi connectivity index (χ4n) is 5.91. The van der Waals surface area contributed by atoms with E-state index in [0.717, 1.165) is 66.7 Å². The Bertz CT molecular complexity index is 1380. The zero-order valence-electron chi connectivity index (χ0n) is 20.6. The van der Waals surface area contributed by atoms with Gasteiger partial charge in [0.05, 0.1) is 25.6 Å². The second-order valence-corrected chi connectivity index (χ2v) is 9.60. The van der Waals surface area contributed by atoms with E-state index in [4.69, 9.17) is 14.2 Å². The van der Waals surface area contributed by atoms with Gasteiger partial charge in [0.25, 0.3) is 0 Å². The summed E-state index contributed by atoms with van der Waals surface area (Å²) in [6.07, 6.45) is 2.89. The van der Waals surface area contributed by atoms with Gasteiger partial charge in [-0.2, -0.15) is 0 Å². The highest BCUT2D eigenvalue weighted by Gasteiger charge is 2.28. The van der Waals surface area contributed by atoms with Crippen LogP contribution in [-0.4, -0.2) is 27.3 Å². The first kappa shape index (κ1) is 21.2. The molecule has 0 N–H and O–H groups in total. The maximum absolute atomic E-state index is 6.55. The van der Waals surface area contributed by atoms with Crippen molar-refractivity contribution in [3.63, 3.8) is 0 Å². The highest BCUT2D eigenvalue weighted by molar-refractivity contribution is 5.78. The van der Waals surface area contributed by atoms with Gasteiger partial charge in [-0.05, 0) is 59.4 Å². The van der Waals surface area contributed by atoms with Gasteiger partial charge in [-0.25, -0.2) is 0 Å². The molecule has 0 radical (unpaired) electrons. The van der Waals surface area contributed by atoms with Crippen molar-refractivity contribution in [3.05, 3.63) is 95.1 Å². The van der Waals surface area contributed by atoms with E-state index in [2.05, 4.69) is 70.5 Å². The third-order valence-corrected chi connectivity index (χ3v) is 7.68. The number of hydrogen-bond acceptors (Lipinski definition) is 5. The highest BCUT2D eigenvalue weighted by atomic mass is 16.5. The molecule has 0 aromatic heterocycles. The lowest BCUT2D eigenvalue weighted by Gasteiger charge is -2.27. The average molecular weight is 477 g/mol. The van der Waals surface area contributed by atoms with Crippen LogP contribution in [0.1, 0.15) is 22.3 Å². The van der Waals surface area contributed by atoms with Crippen LogP contribution in [0.15, 0.2) is 72.8 Å². The van der Waals surface area contributed by atoms with Crippen LogP contribution in [0.5, 0.6) is 23.0 Å². The number of anilines is 4. The predicted molar refractivity (Wildman–Crippen MR) is 143 cm³/mol. The van der Waals surface area contributed by atoms with E-state index < -0.39 is 0 Å². The van der Waals surface area contributed by atoms with Gasteiger partial charge in [0.1, 0.15) is 23.0 Å². The Morgan fingerprint density at radius 3 is 1.58 bits per heavy atom. The molecule has 0 saturated heterocycles. The number of methoxy groups -OCH3 is 2. The minimum Gasteiger partial charge on any atom is -0.495 e. The molecule has 4 aromatic carbocycles. The molecule has 0 atom stereocenters. The standard InChI is InChI=1S/C31H28N2O3/c1-34-26-7-3-5-20-13-15-32(30(20)26)24-11-9-22-17-23-10-12-25(19-29(23)36-28(22)18-24)33-16-14-21-6-4-8-27(35-2)31(21)33/h3-12,18-19H,13-17H2,1-2H3. The second kappa shape index (κ2) is 8.23. The summed E-state index contributed by atoms with van der Waals surface area (Å²) in [4.78, 5) is 4.69. The molecule has 5 heteroatoms. The van der Waals surface area contributed by atoms with Gasteiger partial charge in [0.2, 0.25) is 0 Å². The molecule has 0 unspecified atom stereocenters. The molecule has 0 aliphatic carbocycles. The summed E-state index contributed by atoms with van der Waals surface area (Å²) < 4.78 is 17.9. The summed E-state index contributed by atoms with van der Waals surface area (Å²) in [5.74, 6) is 3.69. The number of ether oxygens (including phenoxy) is 3. The highest BCUT2D eigenvalue weighted by Crippen LogP contribution is 2.47. The lowest BCUT2D eigenvalue weighted by Crippen LogP contribution is -2.16. The van der Waals surface area contributed by atoms with E-state index in [1.54, 1.807) is 14.2 Å². The lowest BCUT2D eigenvalue weighted by atomic mass is 9.99. The molecule has 0 saturated carbocycles. The van der Waals surface area contributed by atoms with Crippen molar-refractivity contribution in [1.82, 2.24) is 0 Å². The maximum Gasteiger partial charge on any atom is 0.142 e. The topological polar surface area (TPSA) is 34.2 Å². The van der Waals surface area contributed by atoms with Crippen molar-refractivity contribution >= 4 is 22.7 Å². The van der Waals surface area contributed by atoms with Gasteiger partial charge < -0.3 is 24.0 Å². The molecular formula is C31H28N2O3. The summed E-state index contributed by atoms with van der Waals surface area (Å²) in [6.45, 7) is 1.87. The number of rotatable bonds is 4. The first-order valence-electron chi connectivity index (χ1n) is 12.5. The molecule has 36 heavy (non-hydrogen) atoms. The van der Waals surface area contributed by atoms with Crippen LogP contribution in [0, 0.1) is 0 Å². The van der Waals surface area contributed by atoms with Crippen molar-refractivity contribution in [1.29, 1.82) is 0 Å². The molecule has 7 rings (SSSR count). The Hall–Kier alpha value is -4.12. The minimum absolute atomic E-state index is 0.866. The Morgan fingerprint density at radius 2 is 1.11 bits per heavy atom. The summed E-state index contributed by atoms with van der Waals surface area (Å²) >= 11 is 0. The monoisotopic (exact) mass is 476 g/mol. The molecule has 0 bridgehead atoms. The number of hydrogen-bond donors (Lipinski definition) is 0. The van der Waals surface area contributed by atoms with Crippen molar-refractivity contribution in [2.24, 2.45) is 0 Å². The van der Waals surface area contributed by atoms with E-state index in [-0.39, 0.29) is 0 Å². The van der Waals surface area contributed by atoms with Crippen LogP contribution >= 0.6 is 0 Å². The normalized spacial score (nSPS) is 15.1. The molecule has 4 aromatic rings. The van der Waals surface area contributed by atoms with Gasteiger partial charge >= 0.3 is 0 Å². The van der Waals surface area contributed by atoms with Gasteiger partial charge in [-0.3, -0.25) is 0 Å². The lowest BCUT2D eigenvalue weighted by molar-refractivity contribution is 0.415. The summed E-state index contributed by atoms with van der Waals surface area (Å²) in [5.41, 5.74) is 9.68. The largest absolute Gasteiger partial charge is 0.495 e. The average Bonchev–Trinajstić information content (AvgIpc) is 3.56. The van der Waals surface area contributed by atoms with Crippen LogP contribution in [0.25, 0.3) is 0 Å². The number of nitrogens with zero attached hydrogens (tertiary/aromatic N) is 2. The fourth-order valence-corrected chi connectivity index (χ4v) is 5.91. The first-order chi connectivity index (χ1) is 17.7. The zero-order chi connectivity index (χ0) is 24.2. The molecule has 3 aliphatic rings. The Morgan fingerprint density at radius 1 is 0.611 bits per heavy atom. The molecule has 0 spiro atoms. The maximum atomic E-state index is 6.55. The number of benzene rings is 4. The van der Waals surface area contributed by atoms with E-state index in [1.165, 1.54) is 33.6 Å². The zero-order valence-corrected chi connectivity index (χ0v) is 20.6. The number of fused-ring (bicyclic) bond motifs is 4. The first-order valence-corrected chi connectivity index (χ1v) is 12.5. The SMILES string of the molecule is COc1cccc2c1N(c1ccc3c(c1)Oc1cc(N4CCc5cccc(OC)c54)ccc1C3)CC2. The third-order valence-electron chi connectivity index (χ3n) is 7.68. The smallest absolute Gasteiger partial charge is 0.142 e. The van der Waals surface area contributed by atoms with Gasteiger partial charge in [-0.15, -0.1) is 0 Å². The molecule has 0 fully saturated rings. The van der Waals surface area contributed by atoms with Gasteiger partial charge in [-0.1, -0.05) is 36.4 Å². The predicted octanol–water partition coefficient (Wildman–Crippen LogP) is 6.79. The van der Waals surface area contributed by atoms with Crippen molar-refractivity contribution in [2.45, 2.75) is 19.3 Å². The van der Waals surface area contributed by atoms with Gasteiger partial charge in [0, 0.05) is 43.0 Å². The summed E-state index contributed by atoms with van der Waals surface area (Å²) in [6, 6.07) is 25.8.